The first-order valence-corrected chi connectivity index (χ1v) is 7.19. The van der Waals surface area contributed by atoms with E-state index in [4.69, 9.17) is 4.74 Å². The van der Waals surface area contributed by atoms with Gasteiger partial charge in [0.1, 0.15) is 0 Å². The minimum atomic E-state index is -4.27. The Morgan fingerprint density at radius 1 is 1.10 bits per heavy atom. The van der Waals surface area contributed by atoms with Crippen LogP contribution in [0.2, 0.25) is 0 Å². The molecular weight excluding hydrogens is 265 g/mol. The van der Waals surface area contributed by atoms with Crippen molar-refractivity contribution in [1.82, 2.24) is 0 Å². The van der Waals surface area contributed by atoms with E-state index in [-0.39, 0.29) is 0 Å². The molecule has 0 saturated heterocycles. The summed E-state index contributed by atoms with van der Waals surface area (Å²) in [6.45, 7) is 8.85. The summed E-state index contributed by atoms with van der Waals surface area (Å²) in [5.41, 5.74) is 0.472. The van der Waals surface area contributed by atoms with Gasteiger partial charge in [0.2, 0.25) is 0 Å². The Morgan fingerprint density at radius 3 is 2.30 bits per heavy atom. The molecule has 0 radical (unpaired) electrons. The van der Waals surface area contributed by atoms with Crippen LogP contribution in [-0.2, 0) is 17.3 Å². The normalized spacial score (nSPS) is 10.9. The van der Waals surface area contributed by atoms with Crippen molar-refractivity contribution in [2.24, 2.45) is 0 Å². The standard InChI is InChI=1S/C14H19F3O.C2H6/c1-3-8-18-9-4-5-12-7-6-11(2)10-13(12)14(15,16)17;1-2/h6-7,10H,3-5,8-9H2,1-2H3;1-2H3. The minimum absolute atomic E-state index is 0.355. The number of halogens is 3. The molecule has 4 heteroatoms. The molecule has 1 aromatic carbocycles. The van der Waals surface area contributed by atoms with Crippen LogP contribution in [0.3, 0.4) is 0 Å². The first-order chi connectivity index (χ1) is 9.45. The van der Waals surface area contributed by atoms with E-state index in [2.05, 4.69) is 0 Å². The number of hydrogen-bond acceptors (Lipinski definition) is 1. The van der Waals surface area contributed by atoms with Crippen molar-refractivity contribution in [3.05, 3.63) is 34.9 Å². The molecule has 0 aliphatic carbocycles. The van der Waals surface area contributed by atoms with E-state index in [0.29, 0.717) is 37.2 Å². The molecule has 0 spiro atoms. The third-order valence-electron chi connectivity index (χ3n) is 2.65. The molecule has 0 aromatic heterocycles. The highest BCUT2D eigenvalue weighted by Crippen LogP contribution is 2.33. The Hall–Kier alpha value is -1.03. The Bertz CT molecular complexity index is 372. The molecule has 1 rings (SSSR count). The Labute approximate surface area is 120 Å². The van der Waals surface area contributed by atoms with E-state index < -0.39 is 11.7 Å². The predicted octanol–water partition coefficient (Wildman–Crippen LogP) is 5.40. The minimum Gasteiger partial charge on any atom is -0.381 e. The van der Waals surface area contributed by atoms with Gasteiger partial charge in [-0.3, -0.25) is 0 Å². The molecule has 0 N–H and O–H groups in total. The maximum Gasteiger partial charge on any atom is 0.416 e. The first kappa shape index (κ1) is 19.0. The van der Waals surface area contributed by atoms with Gasteiger partial charge < -0.3 is 4.74 Å². The molecule has 0 unspecified atom stereocenters. The van der Waals surface area contributed by atoms with Crippen LogP contribution in [-0.4, -0.2) is 13.2 Å². The highest BCUT2D eigenvalue weighted by Gasteiger charge is 2.32. The summed E-state index contributed by atoms with van der Waals surface area (Å²) in [6.07, 6.45) is -2.32. The van der Waals surface area contributed by atoms with E-state index in [0.717, 1.165) is 6.42 Å². The second kappa shape index (κ2) is 9.81. The van der Waals surface area contributed by atoms with E-state index in [1.54, 1.807) is 19.1 Å². The lowest BCUT2D eigenvalue weighted by atomic mass is 10.0. The van der Waals surface area contributed by atoms with Gasteiger partial charge in [-0.2, -0.15) is 13.2 Å². The van der Waals surface area contributed by atoms with Crippen LogP contribution in [0.4, 0.5) is 13.2 Å². The average molecular weight is 290 g/mol. The second-order valence-corrected chi connectivity index (χ2v) is 4.37. The molecule has 0 fully saturated rings. The van der Waals surface area contributed by atoms with Crippen molar-refractivity contribution in [1.29, 1.82) is 0 Å². The van der Waals surface area contributed by atoms with Crippen LogP contribution in [0.1, 0.15) is 50.3 Å². The Balaban J connectivity index is 0.00000172. The van der Waals surface area contributed by atoms with Crippen molar-refractivity contribution in [3.63, 3.8) is 0 Å². The van der Waals surface area contributed by atoms with E-state index in [9.17, 15) is 13.2 Å². The number of ether oxygens (including phenoxy) is 1. The third-order valence-corrected chi connectivity index (χ3v) is 2.65. The number of hydrogen-bond donors (Lipinski definition) is 0. The molecule has 20 heavy (non-hydrogen) atoms. The zero-order valence-electron chi connectivity index (χ0n) is 12.8. The molecule has 0 bridgehead atoms. The van der Waals surface area contributed by atoms with Gasteiger partial charge in [0.05, 0.1) is 5.56 Å². The van der Waals surface area contributed by atoms with Gasteiger partial charge in [-0.05, 0) is 37.8 Å². The molecular formula is C16H25F3O. The van der Waals surface area contributed by atoms with Gasteiger partial charge in [0, 0.05) is 13.2 Å². The smallest absolute Gasteiger partial charge is 0.381 e. The topological polar surface area (TPSA) is 9.23 Å². The van der Waals surface area contributed by atoms with Gasteiger partial charge in [0.15, 0.2) is 0 Å². The average Bonchev–Trinajstić information content (AvgIpc) is 2.41. The monoisotopic (exact) mass is 290 g/mol. The van der Waals surface area contributed by atoms with Crippen molar-refractivity contribution >= 4 is 0 Å². The number of rotatable bonds is 6. The molecule has 0 aliphatic rings. The quantitative estimate of drug-likeness (QED) is 0.637. The maximum absolute atomic E-state index is 12.8. The zero-order chi connectivity index (χ0) is 15.6. The maximum atomic E-state index is 12.8. The summed E-state index contributed by atoms with van der Waals surface area (Å²) in [6, 6.07) is 4.50. The summed E-state index contributed by atoms with van der Waals surface area (Å²) < 4.78 is 43.8. The molecule has 1 nitrogen and oxygen atoms in total. The molecule has 0 heterocycles. The second-order valence-electron chi connectivity index (χ2n) is 4.37. The largest absolute Gasteiger partial charge is 0.416 e. The fourth-order valence-electron chi connectivity index (χ4n) is 1.78. The molecule has 0 aliphatic heterocycles. The fraction of sp³-hybridized carbons (Fsp3) is 0.625. The SMILES string of the molecule is CC.CCCOCCCc1ccc(C)cc1C(F)(F)F. The Kier molecular flexibility index (Phi) is 9.30. The third kappa shape index (κ3) is 6.94. The highest BCUT2D eigenvalue weighted by atomic mass is 19.4. The molecule has 0 atom stereocenters. The number of aryl methyl sites for hydroxylation is 2. The zero-order valence-corrected chi connectivity index (χ0v) is 12.8. The van der Waals surface area contributed by atoms with E-state index in [1.807, 2.05) is 20.8 Å². The van der Waals surface area contributed by atoms with Gasteiger partial charge in [-0.15, -0.1) is 0 Å². The van der Waals surface area contributed by atoms with Crippen LogP contribution in [0.25, 0.3) is 0 Å². The summed E-state index contributed by atoms with van der Waals surface area (Å²) in [7, 11) is 0. The summed E-state index contributed by atoms with van der Waals surface area (Å²) in [5.74, 6) is 0. The highest BCUT2D eigenvalue weighted by molar-refractivity contribution is 5.33. The van der Waals surface area contributed by atoms with Crippen molar-refractivity contribution in [2.75, 3.05) is 13.2 Å². The lowest BCUT2D eigenvalue weighted by molar-refractivity contribution is -0.138. The summed E-state index contributed by atoms with van der Waals surface area (Å²) >= 11 is 0. The van der Waals surface area contributed by atoms with Gasteiger partial charge in [-0.25, -0.2) is 0 Å². The van der Waals surface area contributed by atoms with Gasteiger partial charge in [0.25, 0.3) is 0 Å². The van der Waals surface area contributed by atoms with Crippen LogP contribution < -0.4 is 0 Å². The van der Waals surface area contributed by atoms with Crippen LogP contribution in [0, 0.1) is 6.92 Å². The first-order valence-electron chi connectivity index (χ1n) is 7.19. The van der Waals surface area contributed by atoms with Crippen LogP contribution in [0.15, 0.2) is 18.2 Å². The van der Waals surface area contributed by atoms with Crippen molar-refractivity contribution in [2.45, 2.75) is 53.1 Å². The van der Waals surface area contributed by atoms with E-state index >= 15 is 0 Å². The predicted molar refractivity (Wildman–Crippen MR) is 77.0 cm³/mol. The fourth-order valence-corrected chi connectivity index (χ4v) is 1.78. The van der Waals surface area contributed by atoms with Crippen LogP contribution in [0.5, 0.6) is 0 Å². The van der Waals surface area contributed by atoms with Gasteiger partial charge >= 0.3 is 6.18 Å². The van der Waals surface area contributed by atoms with Crippen LogP contribution >= 0.6 is 0 Å². The lowest BCUT2D eigenvalue weighted by Gasteiger charge is -2.13. The Morgan fingerprint density at radius 2 is 1.75 bits per heavy atom. The van der Waals surface area contributed by atoms with Crippen molar-refractivity contribution < 1.29 is 17.9 Å². The molecule has 116 valence electrons. The summed E-state index contributed by atoms with van der Waals surface area (Å²) in [4.78, 5) is 0. The van der Waals surface area contributed by atoms with Crippen molar-refractivity contribution in [3.8, 4) is 0 Å². The van der Waals surface area contributed by atoms with Gasteiger partial charge in [-0.1, -0.05) is 38.5 Å². The lowest BCUT2D eigenvalue weighted by Crippen LogP contribution is -2.10. The summed E-state index contributed by atoms with van der Waals surface area (Å²) in [5, 5.41) is 0. The number of alkyl halides is 3. The molecule has 0 amide bonds. The number of benzene rings is 1. The molecule has 0 saturated carbocycles. The molecule has 1 aromatic rings. The van der Waals surface area contributed by atoms with E-state index in [1.165, 1.54) is 6.07 Å².